The predicted octanol–water partition coefficient (Wildman–Crippen LogP) is 3.97. The molecule has 0 atom stereocenters. The van der Waals surface area contributed by atoms with E-state index in [0.717, 1.165) is 12.8 Å². The van der Waals surface area contributed by atoms with Crippen molar-refractivity contribution < 1.29 is 32.7 Å². The van der Waals surface area contributed by atoms with Crippen LogP contribution in [0, 0.1) is 5.82 Å². The number of nitrogens with two attached hydrogens (primary N) is 1. The van der Waals surface area contributed by atoms with E-state index in [2.05, 4.69) is 25.4 Å². The predicted molar refractivity (Wildman–Crippen MR) is 152 cm³/mol. The SMILES string of the molecule is O=CO.[2H]C([2H])([2H])NC(=O)c1ccc(Cl)nc1Nc1cc(COCc2nc(N)ccc2F)cc(-c2ncn(C3CC3)n2)c1OC. The summed E-state index contributed by atoms with van der Waals surface area (Å²) in [7, 11) is 1.46. The second-order valence-corrected chi connectivity index (χ2v) is 9.26. The highest BCUT2D eigenvalue weighted by molar-refractivity contribution is 6.29. The van der Waals surface area contributed by atoms with Gasteiger partial charge in [0.05, 0.1) is 43.2 Å². The molecule has 0 unspecified atom stereocenters. The van der Waals surface area contributed by atoms with Crippen molar-refractivity contribution in [2.75, 3.05) is 25.1 Å². The van der Waals surface area contributed by atoms with Gasteiger partial charge >= 0.3 is 0 Å². The van der Waals surface area contributed by atoms with E-state index in [-0.39, 0.29) is 53.8 Å². The number of aromatic nitrogens is 5. The average molecular weight is 602 g/mol. The summed E-state index contributed by atoms with van der Waals surface area (Å²) in [5, 5.41) is 16.6. The third-order valence-electron chi connectivity index (χ3n) is 5.94. The molecule has 0 saturated heterocycles. The third kappa shape index (κ3) is 7.27. The quantitative estimate of drug-likeness (QED) is 0.152. The molecule has 4 aromatic rings. The summed E-state index contributed by atoms with van der Waals surface area (Å²) in [5.74, 6) is -0.591. The van der Waals surface area contributed by atoms with Crippen LogP contribution < -0.4 is 21.1 Å². The Morgan fingerprint density at radius 2 is 2.07 bits per heavy atom. The zero-order chi connectivity index (χ0) is 32.7. The zero-order valence-electron chi connectivity index (χ0n) is 25.2. The fourth-order valence-electron chi connectivity index (χ4n) is 3.94. The van der Waals surface area contributed by atoms with Gasteiger partial charge in [0.2, 0.25) is 0 Å². The number of halogens is 2. The van der Waals surface area contributed by atoms with E-state index in [0.29, 0.717) is 28.4 Å². The molecule has 1 amide bonds. The lowest BCUT2D eigenvalue weighted by Crippen LogP contribution is -2.19. The van der Waals surface area contributed by atoms with Gasteiger partial charge in [0.1, 0.15) is 34.6 Å². The van der Waals surface area contributed by atoms with Crippen molar-refractivity contribution in [2.24, 2.45) is 0 Å². The van der Waals surface area contributed by atoms with E-state index in [1.54, 1.807) is 23.1 Å². The Morgan fingerprint density at radius 1 is 1.29 bits per heavy atom. The Bertz CT molecular complexity index is 1690. The molecule has 0 aliphatic heterocycles. The smallest absolute Gasteiger partial charge is 0.290 e. The number of ether oxygens (including phenoxy) is 2. The van der Waals surface area contributed by atoms with Crippen molar-refractivity contribution in [3.05, 3.63) is 70.5 Å². The first-order chi connectivity index (χ1) is 21.4. The minimum Gasteiger partial charge on any atom is -0.494 e. The van der Waals surface area contributed by atoms with E-state index in [1.165, 1.54) is 31.4 Å². The molecule has 220 valence electrons. The van der Waals surface area contributed by atoms with Gasteiger partial charge in [0, 0.05) is 11.1 Å². The molecule has 1 saturated carbocycles. The van der Waals surface area contributed by atoms with Gasteiger partial charge in [-0.15, -0.1) is 0 Å². The monoisotopic (exact) mass is 601 g/mol. The third-order valence-corrected chi connectivity index (χ3v) is 6.15. The second kappa shape index (κ2) is 13.7. The largest absolute Gasteiger partial charge is 0.494 e. The first-order valence-corrected chi connectivity index (χ1v) is 12.7. The molecule has 1 aromatic carbocycles. The van der Waals surface area contributed by atoms with Gasteiger partial charge in [-0.1, -0.05) is 11.6 Å². The minimum absolute atomic E-state index is 0.0142. The number of methoxy groups -OCH3 is 1. The number of carboxylic acid groups (broad SMARTS) is 1. The first-order valence-electron chi connectivity index (χ1n) is 13.9. The van der Waals surface area contributed by atoms with Crippen molar-refractivity contribution in [3.8, 4) is 17.1 Å². The normalized spacial score (nSPS) is 13.5. The summed E-state index contributed by atoms with van der Waals surface area (Å²) in [4.78, 5) is 33.8. The lowest BCUT2D eigenvalue weighted by atomic mass is 10.1. The molecule has 5 rings (SSSR count). The molecule has 3 aromatic heterocycles. The number of hydrogen-bond donors (Lipinski definition) is 4. The van der Waals surface area contributed by atoms with E-state index in [9.17, 15) is 9.18 Å². The van der Waals surface area contributed by atoms with Gasteiger partial charge in [-0.25, -0.2) is 24.0 Å². The number of nitrogens with one attached hydrogen (secondary N) is 2. The highest BCUT2D eigenvalue weighted by atomic mass is 35.5. The molecular weight excluding hydrogens is 571 g/mol. The summed E-state index contributed by atoms with van der Waals surface area (Å²) in [6.07, 6.45) is 3.67. The Labute approximate surface area is 249 Å². The minimum atomic E-state index is -2.72. The van der Waals surface area contributed by atoms with Crippen LogP contribution in [0.4, 0.5) is 21.7 Å². The van der Waals surface area contributed by atoms with Crippen LogP contribution in [0.3, 0.4) is 0 Å². The molecule has 42 heavy (non-hydrogen) atoms. The molecule has 15 heteroatoms. The van der Waals surface area contributed by atoms with E-state index >= 15 is 0 Å². The summed E-state index contributed by atoms with van der Waals surface area (Å²) in [5.41, 5.74) is 7.11. The van der Waals surface area contributed by atoms with Gasteiger partial charge in [0.25, 0.3) is 12.4 Å². The maximum atomic E-state index is 14.2. The van der Waals surface area contributed by atoms with Crippen molar-refractivity contribution in [2.45, 2.75) is 32.1 Å². The second-order valence-electron chi connectivity index (χ2n) is 8.88. The molecule has 13 nitrogen and oxygen atoms in total. The van der Waals surface area contributed by atoms with Crippen molar-refractivity contribution in [1.82, 2.24) is 30.0 Å². The molecule has 3 heterocycles. The average Bonchev–Trinajstić information content (AvgIpc) is 3.70. The highest BCUT2D eigenvalue weighted by Crippen LogP contribution is 2.40. The topological polar surface area (TPSA) is 179 Å². The zero-order valence-corrected chi connectivity index (χ0v) is 22.9. The van der Waals surface area contributed by atoms with Gasteiger partial charge in [0.15, 0.2) is 11.6 Å². The standard InChI is InChI=1S/C26H26ClFN8O3.CH2O2/c1-30-26(37)16-5-7-21(27)34-25(16)33-19-10-14(11-39-12-20-18(28)6-8-22(29)32-20)9-17(23(19)38-2)24-31-13-36(35-24)15-3-4-15;2-1-3/h5-10,13,15H,3-4,11-12H2,1-2H3,(H2,29,32)(H,30,37)(H,33,34);1H,(H,2,3)/i1D3;. The highest BCUT2D eigenvalue weighted by Gasteiger charge is 2.26. The molecular formula is C27H28ClFN8O5. The van der Waals surface area contributed by atoms with Crippen LogP contribution in [0.2, 0.25) is 5.15 Å². The van der Waals surface area contributed by atoms with Crippen molar-refractivity contribution in [3.63, 3.8) is 0 Å². The number of benzene rings is 1. The van der Waals surface area contributed by atoms with Gasteiger partial charge in [-0.3, -0.25) is 9.59 Å². The molecule has 0 spiro atoms. The summed E-state index contributed by atoms with van der Waals surface area (Å²) in [6, 6.07) is 9.03. The molecule has 0 bridgehead atoms. The Kier molecular flexibility index (Phi) is 8.51. The molecule has 1 fully saturated rings. The van der Waals surface area contributed by atoms with Gasteiger partial charge < -0.3 is 30.9 Å². The number of amides is 1. The van der Waals surface area contributed by atoms with Crippen molar-refractivity contribution >= 4 is 41.3 Å². The maximum absolute atomic E-state index is 14.2. The Morgan fingerprint density at radius 3 is 2.79 bits per heavy atom. The van der Waals surface area contributed by atoms with Crippen LogP contribution in [0.25, 0.3) is 11.4 Å². The molecule has 1 aliphatic rings. The number of hydrogen-bond acceptors (Lipinski definition) is 10. The number of anilines is 3. The van der Waals surface area contributed by atoms with Crippen molar-refractivity contribution in [1.29, 1.82) is 0 Å². The number of pyridine rings is 2. The van der Waals surface area contributed by atoms with Gasteiger partial charge in [-0.2, -0.15) is 5.10 Å². The van der Waals surface area contributed by atoms with E-state index in [1.807, 2.05) is 5.32 Å². The number of carbonyl (C=O) groups excluding carboxylic acids is 1. The maximum Gasteiger partial charge on any atom is 0.290 e. The summed E-state index contributed by atoms with van der Waals surface area (Å²) >= 11 is 6.13. The number of nitrogen functional groups attached to an aromatic ring is 1. The van der Waals surface area contributed by atoms with Crippen LogP contribution in [0.1, 0.15) is 44.6 Å². The lowest BCUT2D eigenvalue weighted by Gasteiger charge is -2.17. The summed E-state index contributed by atoms with van der Waals surface area (Å²) in [6.45, 7) is -3.11. The lowest BCUT2D eigenvalue weighted by molar-refractivity contribution is -0.122. The van der Waals surface area contributed by atoms with Crippen LogP contribution >= 0.6 is 11.6 Å². The van der Waals surface area contributed by atoms with Crippen LogP contribution in [0.5, 0.6) is 5.75 Å². The fourth-order valence-corrected chi connectivity index (χ4v) is 4.09. The van der Waals surface area contributed by atoms with E-state index < -0.39 is 18.7 Å². The number of rotatable bonds is 10. The Balaban J connectivity index is 0.00000148. The number of carbonyl (C=O) groups is 2. The first kappa shape index (κ1) is 26.1. The number of nitrogens with zero attached hydrogens (tertiary/aromatic N) is 5. The van der Waals surface area contributed by atoms with Gasteiger partial charge in [-0.05, 0) is 54.8 Å². The summed E-state index contributed by atoms with van der Waals surface area (Å²) < 4.78 is 49.7. The molecule has 0 radical (unpaired) electrons. The van der Waals surface area contributed by atoms with Crippen LogP contribution in [-0.2, 0) is 22.7 Å². The van der Waals surface area contributed by atoms with E-state index in [4.69, 9.17) is 40.8 Å². The van der Waals surface area contributed by atoms with Crippen LogP contribution in [-0.4, -0.2) is 56.3 Å². The molecule has 5 N–H and O–H groups in total. The fraction of sp³-hybridized carbons (Fsp3) is 0.259. The molecule has 1 aliphatic carbocycles. The Hall–Kier alpha value is -4.82. The van der Waals surface area contributed by atoms with Crippen LogP contribution in [0.15, 0.2) is 42.7 Å².